The van der Waals surface area contributed by atoms with E-state index in [1.165, 1.54) is 0 Å². The molecule has 19 heavy (non-hydrogen) atoms. The number of benzene rings is 2. The molecule has 4 nitrogen and oxygen atoms in total. The van der Waals surface area contributed by atoms with Crippen molar-refractivity contribution >= 4 is 39.9 Å². The Morgan fingerprint density at radius 3 is 2.58 bits per heavy atom. The quantitative estimate of drug-likeness (QED) is 0.444. The van der Waals surface area contributed by atoms with Crippen molar-refractivity contribution in [1.82, 2.24) is 0 Å². The molecule has 0 spiro atoms. The minimum absolute atomic E-state index is 0.122. The maximum atomic E-state index is 12.2. The molecule has 0 saturated heterocycles. The van der Waals surface area contributed by atoms with Gasteiger partial charge in [0, 0.05) is 20.5 Å². The maximum absolute atomic E-state index is 12.2. The molecule has 0 heterocycles. The normalized spacial score (nSPS) is 10.1. The summed E-state index contributed by atoms with van der Waals surface area (Å²) < 4.78 is 1.08. The number of nitrogen functional groups attached to an aromatic ring is 1. The van der Waals surface area contributed by atoms with Crippen molar-refractivity contribution in [1.29, 1.82) is 0 Å². The molecule has 0 aliphatic carbocycles. The van der Waals surface area contributed by atoms with Crippen molar-refractivity contribution in [2.75, 3.05) is 10.7 Å². The molecule has 1 amide bonds. The molecule has 98 valence electrons. The second-order valence-electron chi connectivity index (χ2n) is 4.14. The fourth-order valence-corrected chi connectivity index (χ4v) is 2.32. The van der Waals surface area contributed by atoms with Crippen LogP contribution in [0.2, 0.25) is 0 Å². The van der Waals surface area contributed by atoms with Crippen LogP contribution in [0.25, 0.3) is 0 Å². The minimum atomic E-state index is -0.122. The van der Waals surface area contributed by atoms with Crippen molar-refractivity contribution in [3.8, 4) is 0 Å². The van der Waals surface area contributed by atoms with Gasteiger partial charge in [-0.25, -0.2) is 0 Å². The van der Waals surface area contributed by atoms with Crippen LogP contribution >= 0.6 is 22.6 Å². The van der Waals surface area contributed by atoms with Crippen LogP contribution in [0.4, 0.5) is 11.4 Å². The summed E-state index contributed by atoms with van der Waals surface area (Å²) in [5.41, 5.74) is 5.64. The third-order valence-electron chi connectivity index (χ3n) is 2.72. The number of halogens is 1. The molecule has 0 aromatic heterocycles. The monoisotopic (exact) mass is 367 g/mol. The molecule has 0 bridgehead atoms. The zero-order valence-corrected chi connectivity index (χ0v) is 12.6. The standard InChI is InChI=1S/C14H14IN3O/c1-9-7-12(18-16)5-6-13(9)14(19)17-11-4-2-3-10(15)8-11/h2-8,18H,16H2,1H3,(H,17,19). The predicted octanol–water partition coefficient (Wildman–Crippen LogP) is 3.14. The van der Waals surface area contributed by atoms with E-state index in [9.17, 15) is 4.79 Å². The second kappa shape index (κ2) is 6.03. The van der Waals surface area contributed by atoms with Gasteiger partial charge in [0.1, 0.15) is 0 Å². The predicted molar refractivity (Wildman–Crippen MR) is 86.1 cm³/mol. The minimum Gasteiger partial charge on any atom is -0.324 e. The Labute approximate surface area is 125 Å². The van der Waals surface area contributed by atoms with Gasteiger partial charge in [-0.15, -0.1) is 0 Å². The summed E-state index contributed by atoms with van der Waals surface area (Å²) in [5, 5.41) is 2.88. The van der Waals surface area contributed by atoms with E-state index in [-0.39, 0.29) is 5.91 Å². The number of amides is 1. The van der Waals surface area contributed by atoms with Gasteiger partial charge in [-0.2, -0.15) is 0 Å². The smallest absolute Gasteiger partial charge is 0.255 e. The van der Waals surface area contributed by atoms with Gasteiger partial charge in [0.25, 0.3) is 5.91 Å². The molecule has 0 saturated carbocycles. The van der Waals surface area contributed by atoms with E-state index in [0.717, 1.165) is 20.5 Å². The number of nitrogens with two attached hydrogens (primary N) is 1. The molecule has 2 rings (SSSR count). The number of anilines is 2. The summed E-state index contributed by atoms with van der Waals surface area (Å²) in [4.78, 5) is 12.2. The number of carbonyl (C=O) groups is 1. The SMILES string of the molecule is Cc1cc(NN)ccc1C(=O)Nc1cccc(I)c1. The Morgan fingerprint density at radius 2 is 1.95 bits per heavy atom. The van der Waals surface area contributed by atoms with Gasteiger partial charge in [-0.05, 0) is 71.5 Å². The first kappa shape index (κ1) is 13.8. The average molecular weight is 367 g/mol. The highest BCUT2D eigenvalue weighted by Gasteiger charge is 2.09. The molecule has 4 N–H and O–H groups in total. The average Bonchev–Trinajstić information content (AvgIpc) is 2.38. The lowest BCUT2D eigenvalue weighted by Gasteiger charge is -2.09. The Balaban J connectivity index is 2.20. The third kappa shape index (κ3) is 3.45. The van der Waals surface area contributed by atoms with E-state index in [4.69, 9.17) is 5.84 Å². The summed E-state index contributed by atoms with van der Waals surface area (Å²) in [7, 11) is 0. The zero-order valence-electron chi connectivity index (χ0n) is 10.4. The molecule has 0 aliphatic heterocycles. The fraction of sp³-hybridized carbons (Fsp3) is 0.0714. The number of hydrogen-bond acceptors (Lipinski definition) is 3. The molecular formula is C14H14IN3O. The Bertz CT molecular complexity index is 613. The number of aryl methyl sites for hydroxylation is 1. The van der Waals surface area contributed by atoms with Crippen molar-refractivity contribution in [2.24, 2.45) is 5.84 Å². The van der Waals surface area contributed by atoms with Crippen molar-refractivity contribution in [3.63, 3.8) is 0 Å². The van der Waals surface area contributed by atoms with E-state index < -0.39 is 0 Å². The maximum Gasteiger partial charge on any atom is 0.255 e. The van der Waals surface area contributed by atoms with Crippen molar-refractivity contribution in [3.05, 3.63) is 57.2 Å². The van der Waals surface area contributed by atoms with Gasteiger partial charge < -0.3 is 10.7 Å². The summed E-state index contributed by atoms with van der Waals surface area (Å²) in [6, 6.07) is 13.0. The number of hydrogen-bond donors (Lipinski definition) is 3. The topological polar surface area (TPSA) is 67.1 Å². The molecule has 0 fully saturated rings. The van der Waals surface area contributed by atoms with Crippen LogP contribution in [0.1, 0.15) is 15.9 Å². The Hall–Kier alpha value is -1.60. The molecule has 0 aliphatic rings. The highest BCUT2D eigenvalue weighted by molar-refractivity contribution is 14.1. The van der Waals surface area contributed by atoms with E-state index in [0.29, 0.717) is 5.56 Å². The van der Waals surface area contributed by atoms with Crippen LogP contribution in [0.15, 0.2) is 42.5 Å². The van der Waals surface area contributed by atoms with Crippen LogP contribution in [0, 0.1) is 10.5 Å². The molecule has 2 aromatic rings. The van der Waals surface area contributed by atoms with Gasteiger partial charge in [0.05, 0.1) is 0 Å². The third-order valence-corrected chi connectivity index (χ3v) is 3.39. The van der Waals surface area contributed by atoms with Gasteiger partial charge in [0.2, 0.25) is 0 Å². The van der Waals surface area contributed by atoms with Crippen LogP contribution < -0.4 is 16.6 Å². The number of rotatable bonds is 3. The highest BCUT2D eigenvalue weighted by atomic mass is 127. The van der Waals surface area contributed by atoms with Gasteiger partial charge in [0.15, 0.2) is 0 Å². The lowest BCUT2D eigenvalue weighted by Crippen LogP contribution is -2.14. The highest BCUT2D eigenvalue weighted by Crippen LogP contribution is 2.17. The van der Waals surface area contributed by atoms with Crippen LogP contribution in [-0.4, -0.2) is 5.91 Å². The lowest BCUT2D eigenvalue weighted by atomic mass is 10.1. The summed E-state index contributed by atoms with van der Waals surface area (Å²) in [5.74, 6) is 5.21. The van der Waals surface area contributed by atoms with Gasteiger partial charge >= 0.3 is 0 Å². The van der Waals surface area contributed by atoms with E-state index in [2.05, 4.69) is 33.3 Å². The van der Waals surface area contributed by atoms with Crippen LogP contribution in [0.5, 0.6) is 0 Å². The second-order valence-corrected chi connectivity index (χ2v) is 5.38. The van der Waals surface area contributed by atoms with Crippen LogP contribution in [-0.2, 0) is 0 Å². The summed E-state index contributed by atoms with van der Waals surface area (Å²) >= 11 is 2.21. The molecule has 0 unspecified atom stereocenters. The first-order valence-electron chi connectivity index (χ1n) is 5.74. The molecular weight excluding hydrogens is 353 g/mol. The van der Waals surface area contributed by atoms with Gasteiger partial charge in [-0.1, -0.05) is 6.07 Å². The number of carbonyl (C=O) groups excluding carboxylic acids is 1. The van der Waals surface area contributed by atoms with Crippen LogP contribution in [0.3, 0.4) is 0 Å². The summed E-state index contributed by atoms with van der Waals surface area (Å²) in [6.45, 7) is 1.88. The molecule has 0 radical (unpaired) electrons. The lowest BCUT2D eigenvalue weighted by molar-refractivity contribution is 0.102. The van der Waals surface area contributed by atoms with Crippen molar-refractivity contribution in [2.45, 2.75) is 6.92 Å². The van der Waals surface area contributed by atoms with Gasteiger partial charge in [-0.3, -0.25) is 10.6 Å². The van der Waals surface area contributed by atoms with Crippen molar-refractivity contribution < 1.29 is 4.79 Å². The van der Waals surface area contributed by atoms with E-state index >= 15 is 0 Å². The molecule has 0 atom stereocenters. The Kier molecular flexibility index (Phi) is 4.39. The molecule has 2 aromatic carbocycles. The van der Waals surface area contributed by atoms with E-state index in [1.807, 2.05) is 37.3 Å². The zero-order chi connectivity index (χ0) is 13.8. The molecule has 5 heteroatoms. The largest absolute Gasteiger partial charge is 0.324 e. The first-order chi connectivity index (χ1) is 9.10. The number of nitrogens with one attached hydrogen (secondary N) is 2. The van der Waals surface area contributed by atoms with E-state index in [1.54, 1.807) is 12.1 Å². The number of hydrazine groups is 1. The summed E-state index contributed by atoms with van der Waals surface area (Å²) in [6.07, 6.45) is 0. The Morgan fingerprint density at radius 1 is 1.16 bits per heavy atom. The first-order valence-corrected chi connectivity index (χ1v) is 6.82. The fourth-order valence-electron chi connectivity index (χ4n) is 1.77.